The third-order valence-electron chi connectivity index (χ3n) is 3.85. The van der Waals surface area contributed by atoms with Crippen LogP contribution in [0.4, 0.5) is 5.69 Å². The van der Waals surface area contributed by atoms with Gasteiger partial charge in [-0.3, -0.25) is 14.2 Å². The molecular weight excluding hydrogens is 464 g/mol. The van der Waals surface area contributed by atoms with E-state index >= 15 is 0 Å². The van der Waals surface area contributed by atoms with Crippen LogP contribution in [0.5, 0.6) is 0 Å². The maximum atomic E-state index is 12.6. The molecule has 0 aliphatic heterocycles. The predicted molar refractivity (Wildman–Crippen MR) is 118 cm³/mol. The molecule has 1 N–H and O–H groups in total. The molecule has 1 amide bonds. The van der Waals surface area contributed by atoms with E-state index in [1.807, 2.05) is 6.92 Å². The number of thioether (sulfide) groups is 1. The third kappa shape index (κ3) is 4.26. The number of carbonyl (C=O) groups excluding carboxylic acids is 1. The lowest BCUT2D eigenvalue weighted by molar-refractivity contribution is -0.113. The highest BCUT2D eigenvalue weighted by Crippen LogP contribution is 2.41. The van der Waals surface area contributed by atoms with Crippen molar-refractivity contribution in [3.05, 3.63) is 60.8 Å². The number of anilines is 1. The number of fused-ring (bicyclic) bond motifs is 1. The highest BCUT2D eigenvalue weighted by Gasteiger charge is 2.17. The van der Waals surface area contributed by atoms with Crippen molar-refractivity contribution in [1.29, 1.82) is 0 Å². The van der Waals surface area contributed by atoms with Crippen LogP contribution in [0.2, 0.25) is 20.1 Å². The molecule has 0 fully saturated rings. The van der Waals surface area contributed by atoms with Gasteiger partial charge in [0.2, 0.25) is 5.91 Å². The van der Waals surface area contributed by atoms with Gasteiger partial charge in [-0.2, -0.15) is 0 Å². The van der Waals surface area contributed by atoms with Crippen molar-refractivity contribution in [1.82, 2.24) is 9.55 Å². The molecule has 0 atom stereocenters. The van der Waals surface area contributed by atoms with Gasteiger partial charge < -0.3 is 5.32 Å². The second-order valence-corrected chi connectivity index (χ2v) is 8.15. The Morgan fingerprint density at radius 3 is 2.43 bits per heavy atom. The van der Waals surface area contributed by atoms with E-state index in [-0.39, 0.29) is 37.1 Å². The number of para-hydroxylation sites is 1. The molecule has 0 saturated carbocycles. The van der Waals surface area contributed by atoms with Crippen LogP contribution in [-0.2, 0) is 11.3 Å². The van der Waals surface area contributed by atoms with Crippen LogP contribution in [0.1, 0.15) is 6.92 Å². The lowest BCUT2D eigenvalue weighted by Crippen LogP contribution is -2.23. The Bertz CT molecular complexity index is 1110. The molecule has 1 aromatic heterocycles. The van der Waals surface area contributed by atoms with Crippen LogP contribution in [0, 0.1) is 0 Å². The van der Waals surface area contributed by atoms with Gasteiger partial charge in [0.25, 0.3) is 5.56 Å². The van der Waals surface area contributed by atoms with Crippen LogP contribution >= 0.6 is 58.2 Å². The van der Waals surface area contributed by atoms with Gasteiger partial charge in [-0.25, -0.2) is 4.98 Å². The molecule has 146 valence electrons. The number of halogens is 4. The van der Waals surface area contributed by atoms with Crippen molar-refractivity contribution in [3.63, 3.8) is 0 Å². The SMILES string of the molecule is CCn1c(SCC(=O)Nc2c(Cl)c(Cl)cc(Cl)c2Cl)nc2ccccc2c1=O. The maximum absolute atomic E-state index is 12.6. The maximum Gasteiger partial charge on any atom is 0.262 e. The van der Waals surface area contributed by atoms with Gasteiger partial charge in [0.1, 0.15) is 0 Å². The van der Waals surface area contributed by atoms with Gasteiger partial charge in [0.05, 0.1) is 42.4 Å². The number of aromatic nitrogens is 2. The number of hydrogen-bond donors (Lipinski definition) is 1. The molecule has 3 aromatic rings. The summed E-state index contributed by atoms with van der Waals surface area (Å²) in [5.41, 5.74) is 0.572. The molecule has 1 heterocycles. The Hall–Kier alpha value is -1.44. The van der Waals surface area contributed by atoms with Crippen molar-refractivity contribution in [2.45, 2.75) is 18.6 Å². The smallest absolute Gasteiger partial charge is 0.262 e. The molecule has 5 nitrogen and oxygen atoms in total. The lowest BCUT2D eigenvalue weighted by Gasteiger charge is -2.13. The summed E-state index contributed by atoms with van der Waals surface area (Å²) in [5, 5.41) is 4.14. The fraction of sp³-hybridized carbons (Fsp3) is 0.167. The Labute approximate surface area is 184 Å². The number of amides is 1. The molecule has 0 spiro atoms. The average Bonchev–Trinajstić information content (AvgIpc) is 2.68. The Morgan fingerprint density at radius 2 is 1.79 bits per heavy atom. The van der Waals surface area contributed by atoms with Gasteiger partial charge in [-0.15, -0.1) is 0 Å². The van der Waals surface area contributed by atoms with Gasteiger partial charge in [0.15, 0.2) is 5.16 Å². The number of carbonyl (C=O) groups is 1. The van der Waals surface area contributed by atoms with Crippen molar-refractivity contribution in [2.75, 3.05) is 11.1 Å². The molecule has 3 rings (SSSR count). The summed E-state index contributed by atoms with van der Waals surface area (Å²) in [4.78, 5) is 29.5. The minimum absolute atomic E-state index is 0.0123. The summed E-state index contributed by atoms with van der Waals surface area (Å²) in [6.45, 7) is 2.28. The monoisotopic (exact) mass is 475 g/mol. The van der Waals surface area contributed by atoms with Crippen LogP contribution in [0.25, 0.3) is 10.9 Å². The minimum Gasteiger partial charge on any atom is -0.323 e. The van der Waals surface area contributed by atoms with Gasteiger partial charge in [-0.1, -0.05) is 70.3 Å². The van der Waals surface area contributed by atoms with Crippen molar-refractivity contribution >= 4 is 80.7 Å². The zero-order valence-electron chi connectivity index (χ0n) is 14.4. The molecule has 0 saturated heterocycles. The molecule has 0 aliphatic rings. The topological polar surface area (TPSA) is 64.0 Å². The number of benzene rings is 2. The highest BCUT2D eigenvalue weighted by molar-refractivity contribution is 7.99. The number of nitrogens with one attached hydrogen (secondary N) is 1. The van der Waals surface area contributed by atoms with E-state index in [1.54, 1.807) is 24.3 Å². The summed E-state index contributed by atoms with van der Waals surface area (Å²) in [6.07, 6.45) is 0. The van der Waals surface area contributed by atoms with Crippen molar-refractivity contribution in [2.24, 2.45) is 0 Å². The van der Waals surface area contributed by atoms with Gasteiger partial charge >= 0.3 is 0 Å². The summed E-state index contributed by atoms with van der Waals surface area (Å²) < 4.78 is 1.52. The standard InChI is InChI=1S/C18H13Cl4N3O2S/c1-2-25-17(27)9-5-3-4-6-12(9)23-18(25)28-8-13(26)24-16-14(21)10(19)7-11(20)15(16)22/h3-7H,2,8H2,1H3,(H,24,26). The zero-order valence-corrected chi connectivity index (χ0v) is 18.3. The number of nitrogens with zero attached hydrogens (tertiary/aromatic N) is 2. The predicted octanol–water partition coefficient (Wildman–Crippen LogP) is 5.76. The molecule has 0 radical (unpaired) electrons. The second-order valence-electron chi connectivity index (χ2n) is 5.64. The number of rotatable bonds is 5. The van der Waals surface area contributed by atoms with Crippen molar-refractivity contribution < 1.29 is 4.79 Å². The van der Waals surface area contributed by atoms with E-state index in [1.165, 1.54) is 10.6 Å². The van der Waals surface area contributed by atoms with E-state index < -0.39 is 5.91 Å². The Morgan fingerprint density at radius 1 is 1.14 bits per heavy atom. The molecule has 0 unspecified atom stereocenters. The summed E-state index contributed by atoms with van der Waals surface area (Å²) >= 11 is 25.3. The summed E-state index contributed by atoms with van der Waals surface area (Å²) in [7, 11) is 0. The molecule has 0 bridgehead atoms. The number of hydrogen-bond acceptors (Lipinski definition) is 4. The minimum atomic E-state index is -0.391. The average molecular weight is 477 g/mol. The largest absolute Gasteiger partial charge is 0.323 e. The van der Waals surface area contributed by atoms with Gasteiger partial charge in [0, 0.05) is 6.54 Å². The molecule has 2 aromatic carbocycles. The first-order valence-electron chi connectivity index (χ1n) is 8.08. The van der Waals surface area contributed by atoms with E-state index in [0.717, 1.165) is 11.8 Å². The summed E-state index contributed by atoms with van der Waals surface area (Å²) in [6, 6.07) is 8.48. The van der Waals surface area contributed by atoms with E-state index in [0.29, 0.717) is 22.6 Å². The normalized spacial score (nSPS) is 11.0. The van der Waals surface area contributed by atoms with Crippen LogP contribution in [0.15, 0.2) is 40.3 Å². The Balaban J connectivity index is 1.83. The third-order valence-corrected chi connectivity index (χ3v) is 6.40. The first-order chi connectivity index (χ1) is 13.3. The fourth-order valence-corrected chi connectivity index (χ4v) is 4.29. The molecular formula is C18H13Cl4N3O2S. The van der Waals surface area contributed by atoms with Crippen LogP contribution < -0.4 is 10.9 Å². The Kier molecular flexibility index (Phi) is 6.78. The van der Waals surface area contributed by atoms with Crippen LogP contribution in [-0.4, -0.2) is 21.2 Å². The molecule has 0 aliphatic carbocycles. The molecule has 28 heavy (non-hydrogen) atoms. The molecule has 10 heteroatoms. The van der Waals surface area contributed by atoms with Crippen LogP contribution in [0.3, 0.4) is 0 Å². The van der Waals surface area contributed by atoms with Gasteiger partial charge in [-0.05, 0) is 25.1 Å². The van der Waals surface area contributed by atoms with E-state index in [4.69, 9.17) is 46.4 Å². The zero-order chi connectivity index (χ0) is 20.4. The fourth-order valence-electron chi connectivity index (χ4n) is 2.53. The van der Waals surface area contributed by atoms with E-state index in [9.17, 15) is 9.59 Å². The van der Waals surface area contributed by atoms with Crippen molar-refractivity contribution in [3.8, 4) is 0 Å². The quantitative estimate of drug-likeness (QED) is 0.289. The lowest BCUT2D eigenvalue weighted by atomic mass is 10.2. The first-order valence-corrected chi connectivity index (χ1v) is 10.6. The highest BCUT2D eigenvalue weighted by atomic mass is 35.5. The summed E-state index contributed by atoms with van der Waals surface area (Å²) in [5.74, 6) is -0.404. The first kappa shape index (κ1) is 21.3. The van der Waals surface area contributed by atoms with E-state index in [2.05, 4.69) is 10.3 Å². The second kappa shape index (κ2) is 8.93.